The minimum absolute atomic E-state index is 0. The average molecular weight is 308 g/mol. The fourth-order valence-corrected chi connectivity index (χ4v) is 2.17. The summed E-state index contributed by atoms with van der Waals surface area (Å²) in [5.74, 6) is 1.91. The van der Waals surface area contributed by atoms with Crippen LogP contribution in [-0.2, 0) is 6.61 Å². The van der Waals surface area contributed by atoms with Crippen LogP contribution in [0.2, 0.25) is 0 Å². The molecule has 1 aromatic heterocycles. The number of ether oxygens (including phenoxy) is 2. The molecule has 0 aliphatic rings. The topological polar surface area (TPSA) is 64.7 Å². The second-order valence-corrected chi connectivity index (χ2v) is 4.54. The molecule has 1 N–H and O–H groups in total. The summed E-state index contributed by atoms with van der Waals surface area (Å²) < 4.78 is 16.1. The number of nitrogens with zero attached hydrogens (tertiary/aromatic N) is 1. The van der Waals surface area contributed by atoms with E-state index in [1.807, 2.05) is 24.3 Å². The quantitative estimate of drug-likeness (QED) is 0.751. The molecule has 1 heterocycles. The molecule has 0 fully saturated rings. The van der Waals surface area contributed by atoms with Gasteiger partial charge in [0.2, 0.25) is 5.89 Å². The number of aliphatic hydroxyl groups is 1. The van der Waals surface area contributed by atoms with E-state index in [1.54, 1.807) is 26.4 Å². The second kappa shape index (κ2) is 7.15. The van der Waals surface area contributed by atoms with Crippen LogP contribution in [0, 0.1) is 0 Å². The van der Waals surface area contributed by atoms with Crippen LogP contribution in [0.4, 0.5) is 0 Å². The van der Waals surface area contributed by atoms with E-state index in [0.29, 0.717) is 28.3 Å². The van der Waals surface area contributed by atoms with Crippen molar-refractivity contribution in [3.05, 3.63) is 42.0 Å². The molecule has 6 heteroatoms. The van der Waals surface area contributed by atoms with Crippen LogP contribution in [0.5, 0.6) is 11.5 Å². The van der Waals surface area contributed by atoms with Crippen molar-refractivity contribution in [3.63, 3.8) is 0 Å². The number of oxazole rings is 1. The number of methoxy groups -OCH3 is 2. The van der Waals surface area contributed by atoms with Crippen molar-refractivity contribution in [2.24, 2.45) is 0 Å². The molecule has 0 atom stereocenters. The van der Waals surface area contributed by atoms with E-state index in [2.05, 4.69) is 4.98 Å². The first kappa shape index (κ1) is 16.8. The molecule has 3 aromatic rings. The van der Waals surface area contributed by atoms with Gasteiger partial charge in [-0.1, -0.05) is 0 Å². The maximum Gasteiger partial charge on any atom is 0.227 e. The Labute approximate surface area is 150 Å². The molecule has 0 saturated heterocycles. The number of benzene rings is 2. The number of aromatic nitrogens is 1. The summed E-state index contributed by atoms with van der Waals surface area (Å²) in [5, 5.41) is 9.44. The van der Waals surface area contributed by atoms with Gasteiger partial charge in [-0.15, -0.1) is 0 Å². The van der Waals surface area contributed by atoms with Crippen molar-refractivity contribution < 1.29 is 19.0 Å². The maximum absolute atomic E-state index is 9.44. The van der Waals surface area contributed by atoms with Crippen LogP contribution in [0.1, 0.15) is 5.56 Å². The molecule has 0 amide bonds. The largest absolute Gasteiger partial charge is 0.497 e. The summed E-state index contributed by atoms with van der Waals surface area (Å²) in [5.41, 5.74) is 2.72. The number of hydrogen-bond acceptors (Lipinski definition) is 5. The Balaban J connectivity index is 0.00000176. The van der Waals surface area contributed by atoms with Crippen LogP contribution in [0.15, 0.2) is 40.8 Å². The predicted molar refractivity (Wildman–Crippen MR) is 84.2 cm³/mol. The summed E-state index contributed by atoms with van der Waals surface area (Å²) in [4.78, 5) is 4.46. The molecule has 0 aliphatic heterocycles. The minimum Gasteiger partial charge on any atom is -0.497 e. The molecule has 0 bridgehead atoms. The molecule has 3 rings (SSSR count). The first-order chi connectivity index (χ1) is 10.2. The van der Waals surface area contributed by atoms with Crippen molar-refractivity contribution >= 4 is 40.7 Å². The van der Waals surface area contributed by atoms with Gasteiger partial charge in [0.1, 0.15) is 17.0 Å². The van der Waals surface area contributed by atoms with E-state index in [4.69, 9.17) is 13.9 Å². The molecule has 109 valence electrons. The van der Waals surface area contributed by atoms with Gasteiger partial charge in [0.15, 0.2) is 5.58 Å². The van der Waals surface area contributed by atoms with Gasteiger partial charge in [-0.05, 0) is 30.3 Å². The number of fused-ring (bicyclic) bond motifs is 1. The van der Waals surface area contributed by atoms with Gasteiger partial charge in [0.05, 0.1) is 20.8 Å². The molecule has 0 spiro atoms. The first-order valence-corrected chi connectivity index (χ1v) is 6.48. The molecule has 5 nitrogen and oxygen atoms in total. The third kappa shape index (κ3) is 3.13. The third-order valence-corrected chi connectivity index (χ3v) is 3.28. The van der Waals surface area contributed by atoms with Crippen LogP contribution in [-0.4, -0.2) is 53.9 Å². The zero-order valence-electron chi connectivity index (χ0n) is 12.8. The predicted octanol–water partition coefficient (Wildman–Crippen LogP) is 2.62. The van der Waals surface area contributed by atoms with E-state index in [9.17, 15) is 5.11 Å². The number of hydrogen-bond donors (Lipinski definition) is 1. The Bertz CT molecular complexity index is 768. The average Bonchev–Trinajstić information content (AvgIpc) is 2.97. The Morgan fingerprint density at radius 3 is 2.32 bits per heavy atom. The third-order valence-electron chi connectivity index (χ3n) is 3.28. The van der Waals surface area contributed by atoms with Gasteiger partial charge in [-0.25, -0.2) is 4.98 Å². The Morgan fingerprint density at radius 1 is 1.05 bits per heavy atom. The number of aliphatic hydroxyl groups excluding tert-OH is 1. The van der Waals surface area contributed by atoms with Gasteiger partial charge in [-0.3, -0.25) is 0 Å². The van der Waals surface area contributed by atoms with Crippen molar-refractivity contribution in [1.29, 1.82) is 0 Å². The smallest absolute Gasteiger partial charge is 0.227 e. The molecule has 0 aliphatic carbocycles. The van der Waals surface area contributed by atoms with E-state index >= 15 is 0 Å². The zero-order valence-corrected chi connectivity index (χ0v) is 14.8. The van der Waals surface area contributed by atoms with Crippen LogP contribution < -0.4 is 9.47 Å². The van der Waals surface area contributed by atoms with Crippen LogP contribution in [0.25, 0.3) is 22.6 Å². The van der Waals surface area contributed by atoms with E-state index in [1.165, 1.54) is 0 Å². The zero-order chi connectivity index (χ0) is 14.8. The summed E-state index contributed by atoms with van der Waals surface area (Å²) >= 11 is 0. The fourth-order valence-electron chi connectivity index (χ4n) is 2.17. The van der Waals surface area contributed by atoms with Crippen molar-refractivity contribution in [2.45, 2.75) is 6.61 Å². The second-order valence-electron chi connectivity index (χ2n) is 4.54. The Morgan fingerprint density at radius 2 is 1.73 bits per heavy atom. The van der Waals surface area contributed by atoms with Crippen molar-refractivity contribution in [1.82, 2.24) is 4.98 Å². The normalized spacial score (nSPS) is 10.3. The molecule has 2 aromatic carbocycles. The maximum atomic E-state index is 9.44. The molecule has 0 unspecified atom stereocenters. The molecular weight excluding hydrogens is 293 g/mol. The van der Waals surface area contributed by atoms with Crippen molar-refractivity contribution in [3.8, 4) is 23.0 Å². The summed E-state index contributed by atoms with van der Waals surface area (Å²) in [7, 11) is 3.20. The van der Waals surface area contributed by atoms with Gasteiger partial charge < -0.3 is 19.0 Å². The van der Waals surface area contributed by atoms with E-state index < -0.39 is 0 Å². The van der Waals surface area contributed by atoms with Crippen molar-refractivity contribution in [2.75, 3.05) is 14.2 Å². The first-order valence-electron chi connectivity index (χ1n) is 6.48. The van der Waals surface area contributed by atoms with Gasteiger partial charge in [-0.2, -0.15) is 0 Å². The van der Waals surface area contributed by atoms with Gasteiger partial charge in [0.25, 0.3) is 0 Å². The van der Waals surface area contributed by atoms with Gasteiger partial charge >= 0.3 is 0 Å². The number of rotatable bonds is 4. The van der Waals surface area contributed by atoms with Gasteiger partial charge in [0, 0.05) is 46.8 Å². The molecule has 1 radical (unpaired) electrons. The van der Waals surface area contributed by atoms with E-state index in [0.717, 1.165) is 11.3 Å². The van der Waals surface area contributed by atoms with E-state index in [-0.39, 0.29) is 36.2 Å². The summed E-state index contributed by atoms with van der Waals surface area (Å²) in [6, 6.07) is 11.0. The Hall–Kier alpha value is -1.53. The van der Waals surface area contributed by atoms with Crippen LogP contribution in [0.3, 0.4) is 0 Å². The Kier molecular flexibility index (Phi) is 5.47. The molecule has 22 heavy (non-hydrogen) atoms. The SMILES string of the molecule is COc1ccc(-c2nc3cc(OC)cc(CO)c3o2)cc1.[Na]. The summed E-state index contributed by atoms with van der Waals surface area (Å²) in [6.07, 6.45) is 0. The van der Waals surface area contributed by atoms with Crippen LogP contribution >= 0.6 is 0 Å². The molecule has 0 saturated carbocycles. The summed E-state index contributed by atoms with van der Waals surface area (Å²) in [6.45, 7) is -0.134. The standard InChI is InChI=1S/C16H15NO4.Na/c1-19-12-5-3-10(4-6-12)16-17-14-8-13(20-2)7-11(9-18)15(14)21-16;/h3-8,18H,9H2,1-2H3;. The minimum atomic E-state index is -0.134. The monoisotopic (exact) mass is 308 g/mol. The fraction of sp³-hybridized carbons (Fsp3) is 0.188. The molecular formula is C16H15NNaO4.